The molecule has 7 heteroatoms. The second-order valence-corrected chi connectivity index (χ2v) is 7.57. The number of carboxylic acid groups (broad SMARTS) is 1. The van der Waals surface area contributed by atoms with E-state index in [-0.39, 0.29) is 19.1 Å². The van der Waals surface area contributed by atoms with Crippen molar-refractivity contribution in [1.82, 2.24) is 5.32 Å². The minimum absolute atomic E-state index is 0.0986. The van der Waals surface area contributed by atoms with Crippen LogP contribution in [0.4, 0.5) is 4.79 Å². The molecule has 1 aliphatic carbocycles. The zero-order valence-corrected chi connectivity index (χ0v) is 17.2. The molecule has 3 aromatic rings. The van der Waals surface area contributed by atoms with Gasteiger partial charge in [0.2, 0.25) is 0 Å². The van der Waals surface area contributed by atoms with Gasteiger partial charge in [-0.2, -0.15) is 0 Å². The number of benzene rings is 3. The number of rotatable bonds is 7. The highest BCUT2D eigenvalue weighted by Crippen LogP contribution is 2.44. The highest BCUT2D eigenvalue weighted by molar-refractivity contribution is 6.30. The zero-order valence-electron chi connectivity index (χ0n) is 16.5. The van der Waals surface area contributed by atoms with Gasteiger partial charge in [0.15, 0.2) is 6.04 Å². The molecule has 0 bridgehead atoms. The first-order chi connectivity index (χ1) is 15.0. The zero-order chi connectivity index (χ0) is 21.8. The summed E-state index contributed by atoms with van der Waals surface area (Å²) in [7, 11) is 0. The molecule has 0 aliphatic heterocycles. The first kappa shape index (κ1) is 20.8. The molecule has 0 saturated carbocycles. The van der Waals surface area contributed by atoms with Crippen LogP contribution in [0.3, 0.4) is 0 Å². The van der Waals surface area contributed by atoms with Gasteiger partial charge in [0.05, 0.1) is 0 Å². The number of carbonyl (C=O) groups is 2. The minimum Gasteiger partial charge on any atom is -0.491 e. The van der Waals surface area contributed by atoms with Crippen molar-refractivity contribution in [2.24, 2.45) is 0 Å². The van der Waals surface area contributed by atoms with Crippen LogP contribution in [0.2, 0.25) is 5.02 Å². The van der Waals surface area contributed by atoms with Crippen LogP contribution in [0.5, 0.6) is 5.75 Å². The average molecular weight is 438 g/mol. The number of alkyl carbamates (subject to hydrolysis) is 1. The molecule has 3 aromatic carbocycles. The van der Waals surface area contributed by atoms with Gasteiger partial charge in [-0.3, -0.25) is 0 Å². The maximum atomic E-state index is 12.3. The second-order valence-electron chi connectivity index (χ2n) is 7.13. The first-order valence-corrected chi connectivity index (χ1v) is 10.1. The van der Waals surface area contributed by atoms with Crippen LogP contribution in [0.1, 0.15) is 17.0 Å². The van der Waals surface area contributed by atoms with Gasteiger partial charge in [-0.25, -0.2) is 9.59 Å². The van der Waals surface area contributed by atoms with Crippen molar-refractivity contribution in [3.05, 3.63) is 88.9 Å². The van der Waals surface area contributed by atoms with Crippen LogP contribution in [-0.2, 0) is 9.53 Å². The summed E-state index contributed by atoms with van der Waals surface area (Å²) < 4.78 is 10.8. The Morgan fingerprint density at radius 3 is 2.23 bits per heavy atom. The smallest absolute Gasteiger partial charge is 0.407 e. The number of halogens is 1. The predicted molar refractivity (Wildman–Crippen MR) is 117 cm³/mol. The number of hydrogen-bond acceptors (Lipinski definition) is 4. The number of ether oxygens (including phenoxy) is 2. The standard InChI is InChI=1S/C24H20ClNO5/c25-15-6-5-7-16(12-15)30-14-22(23(27)28)26-24(29)31-13-21-19-10-3-1-8-17(19)18-9-2-4-11-20(18)21/h1-12,21-22H,13-14H2,(H,26,29)(H,27,28)/t22-/m1/s1. The molecule has 158 valence electrons. The van der Waals surface area contributed by atoms with E-state index in [1.807, 2.05) is 48.5 Å². The summed E-state index contributed by atoms with van der Waals surface area (Å²) in [5.41, 5.74) is 4.39. The molecule has 1 aliphatic rings. The number of hydrogen-bond donors (Lipinski definition) is 2. The SMILES string of the molecule is O=C(N[C@H](COc1cccc(Cl)c1)C(=O)O)OCC1c2ccccc2-c2ccccc21. The highest BCUT2D eigenvalue weighted by Gasteiger charge is 2.29. The molecule has 1 atom stereocenters. The number of aliphatic carboxylic acids is 1. The Bertz CT molecular complexity index is 1070. The molecule has 6 nitrogen and oxygen atoms in total. The Hall–Kier alpha value is -3.51. The molecule has 0 radical (unpaired) electrons. The van der Waals surface area contributed by atoms with Crippen molar-refractivity contribution in [2.45, 2.75) is 12.0 Å². The number of amides is 1. The normalized spacial score (nSPS) is 13.1. The summed E-state index contributed by atoms with van der Waals surface area (Å²) >= 11 is 5.90. The van der Waals surface area contributed by atoms with E-state index in [1.165, 1.54) is 0 Å². The third-order valence-corrected chi connectivity index (χ3v) is 5.38. The van der Waals surface area contributed by atoms with Crippen LogP contribution in [-0.4, -0.2) is 36.4 Å². The van der Waals surface area contributed by atoms with E-state index in [0.29, 0.717) is 10.8 Å². The van der Waals surface area contributed by atoms with Crippen LogP contribution >= 0.6 is 11.6 Å². The van der Waals surface area contributed by atoms with Gasteiger partial charge in [-0.1, -0.05) is 66.2 Å². The van der Waals surface area contributed by atoms with E-state index in [1.54, 1.807) is 24.3 Å². The topological polar surface area (TPSA) is 84.9 Å². The van der Waals surface area contributed by atoms with Crippen molar-refractivity contribution in [2.75, 3.05) is 13.2 Å². The molecular formula is C24H20ClNO5. The fourth-order valence-electron chi connectivity index (χ4n) is 3.69. The van der Waals surface area contributed by atoms with Crippen molar-refractivity contribution >= 4 is 23.7 Å². The Morgan fingerprint density at radius 2 is 1.61 bits per heavy atom. The Morgan fingerprint density at radius 1 is 0.968 bits per heavy atom. The van der Waals surface area contributed by atoms with Crippen molar-refractivity contribution in [3.63, 3.8) is 0 Å². The van der Waals surface area contributed by atoms with E-state index in [0.717, 1.165) is 22.3 Å². The Kier molecular flexibility index (Phi) is 6.09. The average Bonchev–Trinajstić information content (AvgIpc) is 3.09. The van der Waals surface area contributed by atoms with Gasteiger partial charge in [0, 0.05) is 10.9 Å². The fraction of sp³-hybridized carbons (Fsp3) is 0.167. The third-order valence-electron chi connectivity index (χ3n) is 5.15. The largest absolute Gasteiger partial charge is 0.491 e. The molecule has 1 amide bonds. The fourth-order valence-corrected chi connectivity index (χ4v) is 3.87. The van der Waals surface area contributed by atoms with E-state index < -0.39 is 18.1 Å². The Balaban J connectivity index is 1.38. The summed E-state index contributed by atoms with van der Waals surface area (Å²) in [5, 5.41) is 12.2. The van der Waals surface area contributed by atoms with Gasteiger partial charge in [0.25, 0.3) is 0 Å². The van der Waals surface area contributed by atoms with Crippen LogP contribution in [0.15, 0.2) is 72.8 Å². The second kappa shape index (κ2) is 9.10. The molecule has 0 unspecified atom stereocenters. The lowest BCUT2D eigenvalue weighted by atomic mass is 9.98. The summed E-state index contributed by atoms with van der Waals surface area (Å²) in [5.74, 6) is -0.923. The van der Waals surface area contributed by atoms with E-state index in [4.69, 9.17) is 21.1 Å². The minimum atomic E-state index is -1.27. The molecule has 31 heavy (non-hydrogen) atoms. The number of nitrogens with one attached hydrogen (secondary N) is 1. The number of carboxylic acids is 1. The van der Waals surface area contributed by atoms with E-state index in [9.17, 15) is 14.7 Å². The first-order valence-electron chi connectivity index (χ1n) is 9.75. The van der Waals surface area contributed by atoms with Crippen LogP contribution < -0.4 is 10.1 Å². The number of carbonyl (C=O) groups excluding carboxylic acids is 1. The molecule has 0 saturated heterocycles. The van der Waals surface area contributed by atoms with Gasteiger partial charge < -0.3 is 19.9 Å². The number of fused-ring (bicyclic) bond motifs is 3. The predicted octanol–water partition coefficient (Wildman–Crippen LogP) is 4.71. The third kappa shape index (κ3) is 4.64. The van der Waals surface area contributed by atoms with Gasteiger partial charge >= 0.3 is 12.1 Å². The van der Waals surface area contributed by atoms with E-state index in [2.05, 4.69) is 5.32 Å². The maximum Gasteiger partial charge on any atom is 0.407 e. The lowest BCUT2D eigenvalue weighted by molar-refractivity contribution is -0.140. The van der Waals surface area contributed by atoms with Crippen molar-refractivity contribution < 1.29 is 24.2 Å². The molecule has 2 N–H and O–H groups in total. The van der Waals surface area contributed by atoms with Gasteiger partial charge in [-0.15, -0.1) is 0 Å². The molecule has 0 fully saturated rings. The van der Waals surface area contributed by atoms with Crippen molar-refractivity contribution in [3.8, 4) is 16.9 Å². The summed E-state index contributed by atoms with van der Waals surface area (Å²) in [4.78, 5) is 23.9. The Labute approximate surface area is 184 Å². The summed E-state index contributed by atoms with van der Waals surface area (Å²) in [6, 6.07) is 21.3. The molecule has 0 aromatic heterocycles. The molecule has 4 rings (SSSR count). The van der Waals surface area contributed by atoms with Gasteiger partial charge in [-0.05, 0) is 40.5 Å². The van der Waals surface area contributed by atoms with Crippen molar-refractivity contribution in [1.29, 1.82) is 0 Å². The van der Waals surface area contributed by atoms with E-state index >= 15 is 0 Å². The quantitative estimate of drug-likeness (QED) is 0.559. The lowest BCUT2D eigenvalue weighted by Gasteiger charge is -2.18. The van der Waals surface area contributed by atoms with Crippen LogP contribution in [0.25, 0.3) is 11.1 Å². The summed E-state index contributed by atoms with van der Waals surface area (Å²) in [6.45, 7) is -0.165. The van der Waals surface area contributed by atoms with Crippen LogP contribution in [0, 0.1) is 0 Å². The highest BCUT2D eigenvalue weighted by atomic mass is 35.5. The molecule has 0 heterocycles. The molecule has 0 spiro atoms. The monoisotopic (exact) mass is 437 g/mol. The maximum absolute atomic E-state index is 12.3. The molecular weight excluding hydrogens is 418 g/mol. The van der Waals surface area contributed by atoms with Gasteiger partial charge in [0.1, 0.15) is 19.0 Å². The lowest BCUT2D eigenvalue weighted by Crippen LogP contribution is -2.45. The summed E-state index contributed by atoms with van der Waals surface area (Å²) in [6.07, 6.45) is -0.816.